The van der Waals surface area contributed by atoms with Crippen molar-refractivity contribution in [3.05, 3.63) is 41.0 Å². The number of thiophene rings is 1. The normalized spacial score (nSPS) is 14.7. The molecule has 0 saturated carbocycles. The van der Waals surface area contributed by atoms with Crippen LogP contribution >= 0.6 is 11.3 Å². The van der Waals surface area contributed by atoms with Crippen molar-refractivity contribution in [3.8, 4) is 0 Å². The summed E-state index contributed by atoms with van der Waals surface area (Å²) < 4.78 is 39.7. The highest BCUT2D eigenvalue weighted by Gasteiger charge is 2.32. The van der Waals surface area contributed by atoms with Gasteiger partial charge in [0.2, 0.25) is 0 Å². The zero-order valence-corrected chi connectivity index (χ0v) is 11.5. The van der Waals surface area contributed by atoms with Crippen LogP contribution in [0.15, 0.2) is 33.9 Å². The first kappa shape index (κ1) is 12.4. The minimum Gasteiger partial charge on any atom is -0.398 e. The van der Waals surface area contributed by atoms with Gasteiger partial charge in [0, 0.05) is 17.6 Å². The highest BCUT2D eigenvalue weighted by Crippen LogP contribution is 2.35. The van der Waals surface area contributed by atoms with Gasteiger partial charge in [0.25, 0.3) is 10.0 Å². The zero-order valence-electron chi connectivity index (χ0n) is 9.84. The van der Waals surface area contributed by atoms with Gasteiger partial charge in [-0.1, -0.05) is 6.07 Å². The van der Waals surface area contributed by atoms with Crippen molar-refractivity contribution >= 4 is 32.7 Å². The van der Waals surface area contributed by atoms with Crippen LogP contribution in [0.5, 0.6) is 0 Å². The van der Waals surface area contributed by atoms with E-state index in [1.54, 1.807) is 11.4 Å². The van der Waals surface area contributed by atoms with E-state index >= 15 is 0 Å². The number of fused-ring (bicyclic) bond motifs is 1. The maximum absolute atomic E-state index is 13.3. The SMILES string of the molecule is Nc1csc(S(=O)(=O)N2CCc3ccc(F)cc32)c1. The van der Waals surface area contributed by atoms with E-state index in [0.29, 0.717) is 24.3 Å². The first-order valence-electron chi connectivity index (χ1n) is 5.63. The summed E-state index contributed by atoms with van der Waals surface area (Å²) in [7, 11) is -3.64. The number of nitrogens with two attached hydrogens (primary N) is 1. The Hall–Kier alpha value is -1.60. The van der Waals surface area contributed by atoms with Crippen molar-refractivity contribution < 1.29 is 12.8 Å². The van der Waals surface area contributed by atoms with E-state index < -0.39 is 15.8 Å². The van der Waals surface area contributed by atoms with Gasteiger partial charge in [0.05, 0.1) is 5.69 Å². The second-order valence-corrected chi connectivity index (χ2v) is 7.30. The summed E-state index contributed by atoms with van der Waals surface area (Å²) in [5.74, 6) is -0.438. The monoisotopic (exact) mass is 298 g/mol. The molecule has 100 valence electrons. The smallest absolute Gasteiger partial charge is 0.273 e. The average molecular weight is 298 g/mol. The maximum Gasteiger partial charge on any atom is 0.273 e. The number of hydrogen-bond acceptors (Lipinski definition) is 4. The molecule has 0 spiro atoms. The first-order chi connectivity index (χ1) is 8.98. The topological polar surface area (TPSA) is 63.4 Å². The van der Waals surface area contributed by atoms with Gasteiger partial charge in [0.15, 0.2) is 0 Å². The van der Waals surface area contributed by atoms with Gasteiger partial charge in [-0.3, -0.25) is 4.31 Å². The summed E-state index contributed by atoms with van der Waals surface area (Å²) in [6.45, 7) is 0.332. The number of sulfonamides is 1. The Morgan fingerprint density at radius 1 is 1.32 bits per heavy atom. The number of hydrogen-bond donors (Lipinski definition) is 1. The Labute approximate surface area is 114 Å². The standard InChI is InChI=1S/C12H11FN2O2S2/c13-9-2-1-8-3-4-15(11(8)5-9)19(16,17)12-6-10(14)7-18-12/h1-2,5-7H,3-4,14H2. The number of nitrogen functional groups attached to an aromatic ring is 1. The maximum atomic E-state index is 13.3. The van der Waals surface area contributed by atoms with Gasteiger partial charge in [-0.05, 0) is 30.2 Å². The van der Waals surface area contributed by atoms with Crippen LogP contribution in [0.3, 0.4) is 0 Å². The number of nitrogens with zero attached hydrogens (tertiary/aromatic N) is 1. The van der Waals surface area contributed by atoms with Crippen molar-refractivity contribution in [2.75, 3.05) is 16.6 Å². The molecule has 4 nitrogen and oxygen atoms in total. The summed E-state index contributed by atoms with van der Waals surface area (Å²) in [4.78, 5) is 0. The van der Waals surface area contributed by atoms with Gasteiger partial charge in [-0.15, -0.1) is 11.3 Å². The molecule has 0 saturated heterocycles. The number of benzene rings is 1. The van der Waals surface area contributed by atoms with Gasteiger partial charge < -0.3 is 5.73 Å². The lowest BCUT2D eigenvalue weighted by atomic mass is 10.2. The van der Waals surface area contributed by atoms with Crippen LogP contribution in [-0.2, 0) is 16.4 Å². The van der Waals surface area contributed by atoms with Gasteiger partial charge in [-0.2, -0.15) is 0 Å². The molecule has 2 aromatic rings. The molecule has 0 radical (unpaired) electrons. The molecule has 2 heterocycles. The van der Waals surface area contributed by atoms with E-state index in [4.69, 9.17) is 5.73 Å². The molecule has 1 aromatic heterocycles. The Morgan fingerprint density at radius 3 is 2.79 bits per heavy atom. The van der Waals surface area contributed by atoms with E-state index in [0.717, 1.165) is 16.9 Å². The predicted molar refractivity (Wildman–Crippen MR) is 73.4 cm³/mol. The van der Waals surface area contributed by atoms with E-state index in [9.17, 15) is 12.8 Å². The van der Waals surface area contributed by atoms with Crippen LogP contribution in [0, 0.1) is 5.82 Å². The average Bonchev–Trinajstić information content (AvgIpc) is 2.95. The third-order valence-corrected chi connectivity index (χ3v) is 6.29. The molecule has 3 rings (SSSR count). The molecular weight excluding hydrogens is 287 g/mol. The highest BCUT2D eigenvalue weighted by atomic mass is 32.2. The lowest BCUT2D eigenvalue weighted by Gasteiger charge is -2.18. The fraction of sp³-hybridized carbons (Fsp3) is 0.167. The number of rotatable bonds is 2. The molecular formula is C12H11FN2O2S2. The van der Waals surface area contributed by atoms with Crippen molar-refractivity contribution in [3.63, 3.8) is 0 Å². The van der Waals surface area contributed by atoms with E-state index in [2.05, 4.69) is 0 Å². The minimum atomic E-state index is -3.64. The number of halogens is 1. The fourth-order valence-corrected chi connectivity index (χ4v) is 4.83. The Balaban J connectivity index is 2.08. The second kappa shape index (κ2) is 4.21. The van der Waals surface area contributed by atoms with E-state index in [-0.39, 0.29) is 4.21 Å². The molecule has 1 aliphatic heterocycles. The quantitative estimate of drug-likeness (QED) is 0.924. The van der Waals surface area contributed by atoms with Crippen LogP contribution in [0.1, 0.15) is 5.56 Å². The third kappa shape index (κ3) is 1.98. The Bertz CT molecular complexity index is 740. The van der Waals surface area contributed by atoms with Crippen molar-refractivity contribution in [1.29, 1.82) is 0 Å². The largest absolute Gasteiger partial charge is 0.398 e. The van der Waals surface area contributed by atoms with Crippen molar-refractivity contribution in [2.24, 2.45) is 0 Å². The van der Waals surface area contributed by atoms with Crippen LogP contribution in [0.2, 0.25) is 0 Å². The van der Waals surface area contributed by atoms with E-state index in [1.807, 2.05) is 0 Å². The molecule has 7 heteroatoms. The molecule has 0 aliphatic carbocycles. The molecule has 0 atom stereocenters. The predicted octanol–water partition coefficient (Wildman–Crippen LogP) is 2.22. The lowest BCUT2D eigenvalue weighted by Crippen LogP contribution is -2.28. The molecule has 0 unspecified atom stereocenters. The molecule has 0 bridgehead atoms. The summed E-state index contributed by atoms with van der Waals surface area (Å²) in [6.07, 6.45) is 0.593. The Morgan fingerprint density at radius 2 is 2.11 bits per heavy atom. The molecule has 0 amide bonds. The molecule has 0 fully saturated rings. The lowest BCUT2D eigenvalue weighted by molar-refractivity contribution is 0.594. The van der Waals surface area contributed by atoms with Crippen LogP contribution in [0.25, 0.3) is 0 Å². The van der Waals surface area contributed by atoms with Crippen LogP contribution in [0.4, 0.5) is 15.8 Å². The Kier molecular flexibility index (Phi) is 2.75. The van der Waals surface area contributed by atoms with Gasteiger partial charge >= 0.3 is 0 Å². The fourth-order valence-electron chi connectivity index (χ4n) is 2.15. The summed E-state index contributed by atoms with van der Waals surface area (Å²) in [6, 6.07) is 5.66. The highest BCUT2D eigenvalue weighted by molar-refractivity contribution is 7.94. The first-order valence-corrected chi connectivity index (χ1v) is 7.95. The zero-order chi connectivity index (χ0) is 13.6. The van der Waals surface area contributed by atoms with Crippen LogP contribution < -0.4 is 10.0 Å². The van der Waals surface area contributed by atoms with Crippen LogP contribution in [-0.4, -0.2) is 15.0 Å². The molecule has 1 aromatic carbocycles. The minimum absolute atomic E-state index is 0.183. The number of anilines is 2. The van der Waals surface area contributed by atoms with Gasteiger partial charge in [-0.25, -0.2) is 12.8 Å². The van der Waals surface area contributed by atoms with Crippen molar-refractivity contribution in [1.82, 2.24) is 0 Å². The van der Waals surface area contributed by atoms with Crippen molar-refractivity contribution in [2.45, 2.75) is 10.6 Å². The molecule has 1 aliphatic rings. The van der Waals surface area contributed by atoms with Gasteiger partial charge in [0.1, 0.15) is 10.0 Å². The molecule has 19 heavy (non-hydrogen) atoms. The summed E-state index contributed by atoms with van der Waals surface area (Å²) >= 11 is 1.07. The second-order valence-electron chi connectivity index (χ2n) is 4.30. The summed E-state index contributed by atoms with van der Waals surface area (Å²) in [5.41, 5.74) is 7.24. The molecule has 2 N–H and O–H groups in total. The summed E-state index contributed by atoms with van der Waals surface area (Å²) in [5, 5.41) is 1.58. The van der Waals surface area contributed by atoms with E-state index in [1.165, 1.54) is 22.5 Å². The third-order valence-electron chi connectivity index (χ3n) is 3.04.